The predicted octanol–water partition coefficient (Wildman–Crippen LogP) is 4.54. The maximum atomic E-state index is 11.5. The molecule has 3 aromatic rings. The van der Waals surface area contributed by atoms with Crippen LogP contribution in [-0.2, 0) is 4.79 Å². The molecule has 0 spiro atoms. The molecule has 4 rings (SSSR count). The molecule has 4 N–H and O–H groups in total. The van der Waals surface area contributed by atoms with E-state index < -0.39 is 0 Å². The number of ether oxygens (including phenoxy) is 1. The van der Waals surface area contributed by atoms with Crippen molar-refractivity contribution >= 4 is 17.5 Å². The van der Waals surface area contributed by atoms with Gasteiger partial charge >= 0.3 is 0 Å². The third kappa shape index (κ3) is 5.24. The van der Waals surface area contributed by atoms with Gasteiger partial charge in [0.05, 0.1) is 5.56 Å². The van der Waals surface area contributed by atoms with Gasteiger partial charge in [0.1, 0.15) is 29.5 Å². The van der Waals surface area contributed by atoms with Gasteiger partial charge in [0.25, 0.3) is 0 Å². The lowest BCUT2D eigenvalue weighted by atomic mass is 9.91. The number of hydrogen-bond acceptors (Lipinski definition) is 6. The highest BCUT2D eigenvalue weighted by molar-refractivity contribution is 5.87. The number of para-hydroxylation sites is 1. The van der Waals surface area contributed by atoms with Gasteiger partial charge in [-0.25, -0.2) is 9.97 Å². The Morgan fingerprint density at radius 3 is 2.31 bits per heavy atom. The molecule has 1 amide bonds. The number of carbonyl (C=O) groups excluding carboxylic acids is 1. The molecule has 0 unspecified atom stereocenters. The van der Waals surface area contributed by atoms with E-state index in [-0.39, 0.29) is 18.0 Å². The van der Waals surface area contributed by atoms with Crippen LogP contribution in [0.15, 0.2) is 73.6 Å². The number of amides is 1. The number of rotatable bonds is 7. The van der Waals surface area contributed by atoms with Crippen LogP contribution in [0.5, 0.6) is 11.5 Å². The van der Waals surface area contributed by atoms with Gasteiger partial charge in [-0.05, 0) is 61.6 Å². The third-order valence-corrected chi connectivity index (χ3v) is 5.60. The van der Waals surface area contributed by atoms with E-state index in [1.807, 2.05) is 54.6 Å². The van der Waals surface area contributed by atoms with E-state index in [1.165, 1.54) is 12.4 Å². The minimum absolute atomic E-state index is 0.119. The van der Waals surface area contributed by atoms with Gasteiger partial charge in [0.15, 0.2) is 0 Å². The first-order valence-electron chi connectivity index (χ1n) is 10.8. The SMILES string of the molecule is C=CC(=O)NC1CCC(Nc2ncnc(N)c2-c2ccc(Oc3ccccc3)cc2)CC1. The molecule has 1 aromatic heterocycles. The first-order chi connectivity index (χ1) is 15.6. The number of nitrogen functional groups attached to an aromatic ring is 1. The zero-order valence-electron chi connectivity index (χ0n) is 17.8. The molecule has 1 aliphatic rings. The van der Waals surface area contributed by atoms with Crippen LogP contribution < -0.4 is 21.1 Å². The fourth-order valence-electron chi connectivity index (χ4n) is 3.94. The molecule has 0 bridgehead atoms. The number of anilines is 2. The molecule has 0 aliphatic heterocycles. The Bertz CT molecular complexity index is 1060. The van der Waals surface area contributed by atoms with Crippen molar-refractivity contribution in [1.82, 2.24) is 15.3 Å². The summed E-state index contributed by atoms with van der Waals surface area (Å²) in [6.45, 7) is 3.51. The summed E-state index contributed by atoms with van der Waals surface area (Å²) in [5.41, 5.74) is 7.93. The van der Waals surface area contributed by atoms with Gasteiger partial charge < -0.3 is 21.1 Å². The number of hydrogen-bond donors (Lipinski definition) is 3. The van der Waals surface area contributed by atoms with Gasteiger partial charge in [0.2, 0.25) is 5.91 Å². The molecule has 7 nitrogen and oxygen atoms in total. The summed E-state index contributed by atoms with van der Waals surface area (Å²) in [5, 5.41) is 6.52. The number of benzene rings is 2. The number of nitrogens with two attached hydrogens (primary N) is 1. The summed E-state index contributed by atoms with van der Waals surface area (Å²) in [5.74, 6) is 2.54. The highest BCUT2D eigenvalue weighted by Gasteiger charge is 2.23. The van der Waals surface area contributed by atoms with Gasteiger partial charge in [0, 0.05) is 12.1 Å². The fraction of sp³-hybridized carbons (Fsp3) is 0.240. The average Bonchev–Trinajstić information content (AvgIpc) is 2.82. The second-order valence-electron chi connectivity index (χ2n) is 7.83. The largest absolute Gasteiger partial charge is 0.457 e. The van der Waals surface area contributed by atoms with Crippen molar-refractivity contribution in [3.05, 3.63) is 73.6 Å². The van der Waals surface area contributed by atoms with E-state index in [0.29, 0.717) is 11.6 Å². The molecule has 7 heteroatoms. The van der Waals surface area contributed by atoms with Crippen LogP contribution in [0.3, 0.4) is 0 Å². The van der Waals surface area contributed by atoms with Crippen molar-refractivity contribution in [3.63, 3.8) is 0 Å². The molecule has 1 saturated carbocycles. The van der Waals surface area contributed by atoms with Crippen LogP contribution in [-0.4, -0.2) is 28.0 Å². The Hall–Kier alpha value is -3.87. The number of aromatic nitrogens is 2. The predicted molar refractivity (Wildman–Crippen MR) is 126 cm³/mol. The van der Waals surface area contributed by atoms with Crippen LogP contribution in [0, 0.1) is 0 Å². The maximum absolute atomic E-state index is 11.5. The van der Waals surface area contributed by atoms with E-state index in [2.05, 4.69) is 27.2 Å². The van der Waals surface area contributed by atoms with Gasteiger partial charge in [-0.15, -0.1) is 0 Å². The lowest BCUT2D eigenvalue weighted by Gasteiger charge is -2.30. The Kier molecular flexibility index (Phi) is 6.65. The first kappa shape index (κ1) is 21.4. The zero-order valence-corrected chi connectivity index (χ0v) is 17.8. The molecule has 164 valence electrons. The molecule has 0 saturated heterocycles. The van der Waals surface area contributed by atoms with Crippen molar-refractivity contribution < 1.29 is 9.53 Å². The van der Waals surface area contributed by atoms with Crippen LogP contribution in [0.2, 0.25) is 0 Å². The van der Waals surface area contributed by atoms with Crippen LogP contribution >= 0.6 is 0 Å². The molecule has 32 heavy (non-hydrogen) atoms. The minimum atomic E-state index is -0.119. The van der Waals surface area contributed by atoms with Crippen molar-refractivity contribution in [1.29, 1.82) is 0 Å². The van der Waals surface area contributed by atoms with E-state index >= 15 is 0 Å². The van der Waals surface area contributed by atoms with Crippen LogP contribution in [0.1, 0.15) is 25.7 Å². The lowest BCUT2D eigenvalue weighted by Crippen LogP contribution is -2.39. The Balaban J connectivity index is 1.45. The summed E-state index contributed by atoms with van der Waals surface area (Å²) in [7, 11) is 0. The van der Waals surface area contributed by atoms with E-state index in [1.54, 1.807) is 0 Å². The third-order valence-electron chi connectivity index (χ3n) is 5.60. The number of nitrogens with zero attached hydrogens (tertiary/aromatic N) is 2. The molecule has 1 aliphatic carbocycles. The molecule has 1 fully saturated rings. The summed E-state index contributed by atoms with van der Waals surface area (Å²) < 4.78 is 5.88. The summed E-state index contributed by atoms with van der Waals surface area (Å²) >= 11 is 0. The minimum Gasteiger partial charge on any atom is -0.457 e. The van der Waals surface area contributed by atoms with Crippen LogP contribution in [0.4, 0.5) is 11.6 Å². The van der Waals surface area contributed by atoms with Crippen molar-refractivity contribution in [2.45, 2.75) is 37.8 Å². The summed E-state index contributed by atoms with van der Waals surface area (Å²) in [6.07, 6.45) is 6.45. The van der Waals surface area contributed by atoms with Crippen molar-refractivity contribution in [2.24, 2.45) is 0 Å². The van der Waals surface area contributed by atoms with E-state index in [0.717, 1.165) is 48.3 Å². The van der Waals surface area contributed by atoms with Gasteiger partial charge in [-0.1, -0.05) is 36.9 Å². The second-order valence-corrected chi connectivity index (χ2v) is 7.83. The maximum Gasteiger partial charge on any atom is 0.243 e. The van der Waals surface area contributed by atoms with E-state index in [9.17, 15) is 4.79 Å². The molecular formula is C25H27N5O2. The zero-order chi connectivity index (χ0) is 22.3. The highest BCUT2D eigenvalue weighted by atomic mass is 16.5. The quantitative estimate of drug-likeness (QED) is 0.477. The lowest BCUT2D eigenvalue weighted by molar-refractivity contribution is -0.117. The Morgan fingerprint density at radius 2 is 1.62 bits per heavy atom. The second kappa shape index (κ2) is 9.96. The highest BCUT2D eigenvalue weighted by Crippen LogP contribution is 2.34. The topological polar surface area (TPSA) is 102 Å². The van der Waals surface area contributed by atoms with Crippen molar-refractivity contribution in [2.75, 3.05) is 11.1 Å². The standard InChI is InChI=1S/C25H27N5O2/c1-2-22(31)29-18-10-12-19(13-11-18)30-25-23(24(26)27-16-28-25)17-8-14-21(15-9-17)32-20-6-4-3-5-7-20/h2-9,14-16,18-19H,1,10-13H2,(H,29,31)(H3,26,27,28,30). The van der Waals surface area contributed by atoms with Gasteiger partial charge in [-0.2, -0.15) is 0 Å². The van der Waals surface area contributed by atoms with Crippen molar-refractivity contribution in [3.8, 4) is 22.6 Å². The molecule has 1 heterocycles. The molecule has 0 atom stereocenters. The molecule has 0 radical (unpaired) electrons. The van der Waals surface area contributed by atoms with Gasteiger partial charge in [-0.3, -0.25) is 4.79 Å². The summed E-state index contributed by atoms with van der Waals surface area (Å²) in [6, 6.07) is 17.8. The fourth-order valence-corrected chi connectivity index (χ4v) is 3.94. The summed E-state index contributed by atoms with van der Waals surface area (Å²) in [4.78, 5) is 20.2. The number of carbonyl (C=O) groups is 1. The smallest absolute Gasteiger partial charge is 0.243 e. The monoisotopic (exact) mass is 429 g/mol. The Labute approximate surface area is 187 Å². The number of nitrogens with one attached hydrogen (secondary N) is 2. The van der Waals surface area contributed by atoms with Crippen LogP contribution in [0.25, 0.3) is 11.1 Å². The Morgan fingerprint density at radius 1 is 0.969 bits per heavy atom. The average molecular weight is 430 g/mol. The molecular weight excluding hydrogens is 402 g/mol. The molecule has 2 aromatic carbocycles. The van der Waals surface area contributed by atoms with E-state index in [4.69, 9.17) is 10.5 Å². The first-order valence-corrected chi connectivity index (χ1v) is 10.8. The normalized spacial score (nSPS) is 17.9.